The highest BCUT2D eigenvalue weighted by atomic mass is 16.2. The van der Waals surface area contributed by atoms with Crippen molar-refractivity contribution in [3.63, 3.8) is 0 Å². The second-order valence-electron chi connectivity index (χ2n) is 6.35. The number of nitrogens with two attached hydrogens (primary N) is 2. The average Bonchev–Trinajstić information content (AvgIpc) is 2.87. The average molecular weight is 290 g/mol. The van der Waals surface area contributed by atoms with E-state index in [1.54, 1.807) is 12.3 Å². The molecule has 3 rings (SSSR count). The van der Waals surface area contributed by atoms with Crippen LogP contribution in [0.5, 0.6) is 0 Å². The molecule has 1 heterocycles. The Morgan fingerprint density at radius 2 is 1.90 bits per heavy atom. The summed E-state index contributed by atoms with van der Waals surface area (Å²) in [6, 6.07) is 1.83. The summed E-state index contributed by atoms with van der Waals surface area (Å²) in [5, 5.41) is 2.87. The van der Waals surface area contributed by atoms with Gasteiger partial charge in [-0.05, 0) is 43.6 Å². The largest absolute Gasteiger partial charge is 0.364 e. The molecule has 2 bridgehead atoms. The Morgan fingerprint density at radius 3 is 2.48 bits per heavy atom. The molecule has 114 valence electrons. The third-order valence-corrected chi connectivity index (χ3v) is 5.00. The smallest absolute Gasteiger partial charge is 0.265 e. The molecular weight excluding hydrogens is 268 g/mol. The fraction of sp³-hybridized carbons (Fsp3) is 0.600. The van der Waals surface area contributed by atoms with Crippen molar-refractivity contribution >= 4 is 17.5 Å². The number of anilines is 1. The first-order valence-electron chi connectivity index (χ1n) is 7.59. The highest BCUT2D eigenvalue weighted by Crippen LogP contribution is 2.42. The van der Waals surface area contributed by atoms with E-state index < -0.39 is 5.91 Å². The van der Waals surface area contributed by atoms with Gasteiger partial charge in [0.1, 0.15) is 5.69 Å². The molecule has 6 N–H and O–H groups in total. The van der Waals surface area contributed by atoms with E-state index in [4.69, 9.17) is 11.5 Å². The predicted octanol–water partition coefficient (Wildman–Crippen LogP) is 1.21. The number of primary amides is 1. The number of fused-ring (bicyclic) bond motifs is 2. The maximum absolute atomic E-state index is 12.4. The second kappa shape index (κ2) is 5.52. The van der Waals surface area contributed by atoms with E-state index >= 15 is 0 Å². The standard InChI is InChI=1S/C15H22N4O2/c16-13-8-2-1-3-9(13)5-10(4-8)15(21)19-11-6-12(14(17)20)18-7-11/h6-10,13,18H,1-5,16H2,(H2,17,20)(H,19,21). The van der Waals surface area contributed by atoms with Crippen LogP contribution in [0.3, 0.4) is 0 Å². The first kappa shape index (κ1) is 14.1. The zero-order valence-corrected chi connectivity index (χ0v) is 12.0. The van der Waals surface area contributed by atoms with Crippen LogP contribution < -0.4 is 16.8 Å². The van der Waals surface area contributed by atoms with E-state index in [1.807, 2.05) is 0 Å². The lowest BCUT2D eigenvalue weighted by Gasteiger charge is -2.43. The minimum atomic E-state index is -0.534. The fourth-order valence-electron chi connectivity index (χ4n) is 3.86. The Kier molecular flexibility index (Phi) is 3.71. The molecule has 21 heavy (non-hydrogen) atoms. The van der Waals surface area contributed by atoms with Crippen LogP contribution in [0.4, 0.5) is 5.69 Å². The molecule has 2 amide bonds. The van der Waals surface area contributed by atoms with Gasteiger partial charge in [-0.2, -0.15) is 0 Å². The summed E-state index contributed by atoms with van der Waals surface area (Å²) in [7, 11) is 0. The normalized spacial score (nSPS) is 31.7. The highest BCUT2D eigenvalue weighted by molar-refractivity contribution is 5.96. The number of H-pyrrole nitrogens is 1. The molecule has 2 atom stereocenters. The topological polar surface area (TPSA) is 114 Å². The summed E-state index contributed by atoms with van der Waals surface area (Å²) >= 11 is 0. The monoisotopic (exact) mass is 290 g/mol. The highest BCUT2D eigenvalue weighted by Gasteiger charge is 2.40. The van der Waals surface area contributed by atoms with Crippen LogP contribution in [0.2, 0.25) is 0 Å². The number of amides is 2. The van der Waals surface area contributed by atoms with Crippen molar-refractivity contribution in [1.82, 2.24) is 4.98 Å². The number of carbonyl (C=O) groups excluding carboxylic acids is 2. The molecule has 0 radical (unpaired) electrons. The molecule has 0 saturated heterocycles. The third kappa shape index (κ3) is 2.81. The van der Waals surface area contributed by atoms with Crippen molar-refractivity contribution in [3.8, 4) is 0 Å². The van der Waals surface area contributed by atoms with E-state index in [9.17, 15) is 9.59 Å². The van der Waals surface area contributed by atoms with Crippen molar-refractivity contribution < 1.29 is 9.59 Å². The molecule has 0 aromatic carbocycles. The van der Waals surface area contributed by atoms with Crippen molar-refractivity contribution in [3.05, 3.63) is 18.0 Å². The zero-order chi connectivity index (χ0) is 15.0. The Hall–Kier alpha value is -1.82. The number of carbonyl (C=O) groups is 2. The summed E-state index contributed by atoms with van der Waals surface area (Å²) < 4.78 is 0. The number of hydrogen-bond acceptors (Lipinski definition) is 3. The number of nitrogens with one attached hydrogen (secondary N) is 2. The van der Waals surface area contributed by atoms with Gasteiger partial charge in [-0.25, -0.2) is 0 Å². The maximum atomic E-state index is 12.4. The first-order valence-corrected chi connectivity index (χ1v) is 7.59. The Labute approximate surface area is 123 Å². The number of aromatic amines is 1. The van der Waals surface area contributed by atoms with E-state index in [0.717, 1.165) is 25.7 Å². The van der Waals surface area contributed by atoms with Gasteiger partial charge in [0.15, 0.2) is 0 Å². The molecule has 1 aromatic heterocycles. The van der Waals surface area contributed by atoms with Gasteiger partial charge in [0.05, 0.1) is 5.69 Å². The van der Waals surface area contributed by atoms with Crippen LogP contribution in [-0.4, -0.2) is 22.8 Å². The second-order valence-corrected chi connectivity index (χ2v) is 6.35. The van der Waals surface area contributed by atoms with Gasteiger partial charge < -0.3 is 21.8 Å². The molecule has 2 saturated carbocycles. The molecule has 2 unspecified atom stereocenters. The summed E-state index contributed by atoms with van der Waals surface area (Å²) in [5.74, 6) is 0.454. The number of aromatic nitrogens is 1. The van der Waals surface area contributed by atoms with Crippen LogP contribution in [0.1, 0.15) is 42.6 Å². The van der Waals surface area contributed by atoms with Crippen molar-refractivity contribution in [2.45, 2.75) is 38.1 Å². The lowest BCUT2D eigenvalue weighted by molar-refractivity contribution is -0.122. The Morgan fingerprint density at radius 1 is 1.24 bits per heavy atom. The van der Waals surface area contributed by atoms with Crippen LogP contribution in [0.25, 0.3) is 0 Å². The Bertz CT molecular complexity index is 540. The minimum absolute atomic E-state index is 0.0204. The van der Waals surface area contributed by atoms with Crippen LogP contribution in [0, 0.1) is 17.8 Å². The molecule has 6 heteroatoms. The molecule has 0 spiro atoms. The maximum Gasteiger partial charge on any atom is 0.265 e. The van der Waals surface area contributed by atoms with Crippen LogP contribution in [-0.2, 0) is 4.79 Å². The molecular formula is C15H22N4O2. The van der Waals surface area contributed by atoms with Gasteiger partial charge >= 0.3 is 0 Å². The summed E-state index contributed by atoms with van der Waals surface area (Å²) in [5.41, 5.74) is 12.3. The fourth-order valence-corrected chi connectivity index (χ4v) is 3.86. The first-order chi connectivity index (χ1) is 10.0. The quantitative estimate of drug-likeness (QED) is 0.670. The van der Waals surface area contributed by atoms with Crippen LogP contribution >= 0.6 is 0 Å². The molecule has 2 aliphatic carbocycles. The van der Waals surface area contributed by atoms with Crippen molar-refractivity contribution in [1.29, 1.82) is 0 Å². The molecule has 0 aliphatic heterocycles. The third-order valence-electron chi connectivity index (χ3n) is 5.00. The minimum Gasteiger partial charge on any atom is -0.364 e. The van der Waals surface area contributed by atoms with E-state index in [2.05, 4.69) is 10.3 Å². The number of hydrogen-bond donors (Lipinski definition) is 4. The summed E-state index contributed by atoms with van der Waals surface area (Å²) in [6.45, 7) is 0. The Balaban J connectivity index is 1.64. The molecule has 2 fully saturated rings. The molecule has 6 nitrogen and oxygen atoms in total. The lowest BCUT2D eigenvalue weighted by Crippen LogP contribution is -2.48. The van der Waals surface area contributed by atoms with Gasteiger partial charge in [-0.1, -0.05) is 6.42 Å². The van der Waals surface area contributed by atoms with Gasteiger partial charge in [-0.15, -0.1) is 0 Å². The lowest BCUT2D eigenvalue weighted by atomic mass is 9.65. The zero-order valence-electron chi connectivity index (χ0n) is 12.0. The van der Waals surface area contributed by atoms with Gasteiger partial charge in [0.2, 0.25) is 5.91 Å². The summed E-state index contributed by atoms with van der Waals surface area (Å²) in [4.78, 5) is 26.2. The number of rotatable bonds is 3. The van der Waals surface area contributed by atoms with Crippen LogP contribution in [0.15, 0.2) is 12.3 Å². The van der Waals surface area contributed by atoms with Gasteiger partial charge in [0.25, 0.3) is 5.91 Å². The van der Waals surface area contributed by atoms with Crippen molar-refractivity contribution in [2.24, 2.45) is 29.2 Å². The SMILES string of the molecule is NC(=O)c1cc(NC(=O)C2CC3CCCC(C2)C3N)c[nH]1. The van der Waals surface area contributed by atoms with Crippen molar-refractivity contribution in [2.75, 3.05) is 5.32 Å². The van der Waals surface area contributed by atoms with E-state index in [-0.39, 0.29) is 17.9 Å². The summed E-state index contributed by atoms with van der Waals surface area (Å²) in [6.07, 6.45) is 6.84. The van der Waals surface area contributed by atoms with Gasteiger partial charge in [0, 0.05) is 18.2 Å². The van der Waals surface area contributed by atoms with E-state index in [0.29, 0.717) is 23.2 Å². The predicted molar refractivity (Wildman–Crippen MR) is 79.5 cm³/mol. The van der Waals surface area contributed by atoms with Gasteiger partial charge in [-0.3, -0.25) is 9.59 Å². The molecule has 1 aromatic rings. The van der Waals surface area contributed by atoms with E-state index in [1.165, 1.54) is 6.42 Å². The molecule has 2 aliphatic rings.